The normalized spacial score (nSPS) is 15.7. The molecule has 2 atom stereocenters. The number of pyridine rings is 1. The Balaban J connectivity index is 2.73. The molecular formula is C10H15BrN2O2S. The van der Waals surface area contributed by atoms with Crippen LogP contribution in [0.3, 0.4) is 0 Å². The van der Waals surface area contributed by atoms with Gasteiger partial charge in [0, 0.05) is 23.3 Å². The number of nitrogens with one attached hydrogen (secondary N) is 1. The van der Waals surface area contributed by atoms with Gasteiger partial charge in [0.15, 0.2) is 0 Å². The Morgan fingerprint density at radius 1 is 1.50 bits per heavy atom. The highest BCUT2D eigenvalue weighted by Gasteiger charge is 2.17. The van der Waals surface area contributed by atoms with Crippen molar-refractivity contribution in [3.8, 4) is 0 Å². The Bertz CT molecular complexity index is 420. The lowest BCUT2D eigenvalue weighted by molar-refractivity contribution is 0.547. The molecule has 0 aliphatic carbocycles. The standard InChI is InChI=1S/C10H15BrN2O2S/c1-8(11)6-9(2)13-16(14,15)10-4-3-5-12-7-10/h3-5,7-9,13H,6H2,1-2H3. The summed E-state index contributed by atoms with van der Waals surface area (Å²) in [6.45, 7) is 3.82. The molecule has 0 aliphatic heterocycles. The molecule has 0 saturated carbocycles. The van der Waals surface area contributed by atoms with Gasteiger partial charge in [-0.3, -0.25) is 4.98 Å². The number of alkyl halides is 1. The van der Waals surface area contributed by atoms with Gasteiger partial charge in [0.25, 0.3) is 0 Å². The lowest BCUT2D eigenvalue weighted by Crippen LogP contribution is -2.33. The monoisotopic (exact) mass is 306 g/mol. The van der Waals surface area contributed by atoms with E-state index in [0.717, 1.165) is 6.42 Å². The van der Waals surface area contributed by atoms with Crippen LogP contribution in [0.25, 0.3) is 0 Å². The minimum absolute atomic E-state index is 0.111. The number of rotatable bonds is 5. The van der Waals surface area contributed by atoms with Crippen molar-refractivity contribution in [3.63, 3.8) is 0 Å². The maximum absolute atomic E-state index is 11.9. The first-order chi connectivity index (χ1) is 7.42. The molecule has 0 fully saturated rings. The maximum atomic E-state index is 11.9. The van der Waals surface area contributed by atoms with Gasteiger partial charge in [0.1, 0.15) is 4.90 Å². The number of sulfonamides is 1. The molecule has 90 valence electrons. The number of aromatic nitrogens is 1. The highest BCUT2D eigenvalue weighted by Crippen LogP contribution is 2.11. The van der Waals surface area contributed by atoms with Crippen molar-refractivity contribution in [1.29, 1.82) is 0 Å². The average Bonchev–Trinajstić information content (AvgIpc) is 2.16. The Hall–Kier alpha value is -0.460. The molecular weight excluding hydrogens is 292 g/mol. The topological polar surface area (TPSA) is 59.1 Å². The lowest BCUT2D eigenvalue weighted by atomic mass is 10.2. The van der Waals surface area contributed by atoms with Gasteiger partial charge in [-0.15, -0.1) is 0 Å². The number of nitrogens with zero attached hydrogens (tertiary/aromatic N) is 1. The van der Waals surface area contributed by atoms with Crippen molar-refractivity contribution in [2.45, 2.75) is 36.0 Å². The third kappa shape index (κ3) is 4.19. The average molecular weight is 307 g/mol. The van der Waals surface area contributed by atoms with Gasteiger partial charge in [-0.1, -0.05) is 22.9 Å². The van der Waals surface area contributed by atoms with Gasteiger partial charge in [-0.05, 0) is 25.5 Å². The van der Waals surface area contributed by atoms with E-state index in [9.17, 15) is 8.42 Å². The Morgan fingerprint density at radius 2 is 2.19 bits per heavy atom. The van der Waals surface area contributed by atoms with Crippen LogP contribution >= 0.6 is 15.9 Å². The van der Waals surface area contributed by atoms with Gasteiger partial charge in [0.2, 0.25) is 10.0 Å². The molecule has 2 unspecified atom stereocenters. The summed E-state index contributed by atoms with van der Waals surface area (Å²) >= 11 is 3.39. The zero-order valence-corrected chi connectivity index (χ0v) is 11.6. The SMILES string of the molecule is CC(Br)CC(C)NS(=O)(=O)c1cccnc1. The molecule has 0 spiro atoms. The third-order valence-corrected chi connectivity index (χ3v) is 3.93. The van der Waals surface area contributed by atoms with Gasteiger partial charge in [0.05, 0.1) is 0 Å². The van der Waals surface area contributed by atoms with E-state index in [2.05, 4.69) is 25.6 Å². The summed E-state index contributed by atoms with van der Waals surface area (Å²) in [6, 6.07) is 3.02. The minimum Gasteiger partial charge on any atom is -0.263 e. The second kappa shape index (κ2) is 5.75. The van der Waals surface area contributed by atoms with Gasteiger partial charge in [-0.2, -0.15) is 0 Å². The van der Waals surface area contributed by atoms with Crippen molar-refractivity contribution in [2.75, 3.05) is 0 Å². The molecule has 1 heterocycles. The van der Waals surface area contributed by atoms with E-state index < -0.39 is 10.0 Å². The van der Waals surface area contributed by atoms with E-state index >= 15 is 0 Å². The molecule has 1 aromatic rings. The molecule has 0 bridgehead atoms. The van der Waals surface area contributed by atoms with Crippen LogP contribution < -0.4 is 4.72 Å². The van der Waals surface area contributed by atoms with Crippen LogP contribution in [0.4, 0.5) is 0 Å². The highest BCUT2D eigenvalue weighted by atomic mass is 79.9. The molecule has 0 aromatic carbocycles. The maximum Gasteiger partial charge on any atom is 0.242 e. The summed E-state index contributed by atoms with van der Waals surface area (Å²) < 4.78 is 26.3. The molecule has 16 heavy (non-hydrogen) atoms. The van der Waals surface area contributed by atoms with Crippen molar-refractivity contribution < 1.29 is 8.42 Å². The Labute approximate surface area is 105 Å². The lowest BCUT2D eigenvalue weighted by Gasteiger charge is -2.15. The number of hydrogen-bond acceptors (Lipinski definition) is 3. The second-order valence-electron chi connectivity index (χ2n) is 3.73. The van der Waals surface area contributed by atoms with Crippen molar-refractivity contribution in [3.05, 3.63) is 24.5 Å². The largest absolute Gasteiger partial charge is 0.263 e. The van der Waals surface area contributed by atoms with Crippen LogP contribution in [0.2, 0.25) is 0 Å². The molecule has 4 nitrogen and oxygen atoms in total. The van der Waals surface area contributed by atoms with Crippen LogP contribution in [-0.2, 0) is 10.0 Å². The second-order valence-corrected chi connectivity index (χ2v) is 7.00. The van der Waals surface area contributed by atoms with E-state index in [4.69, 9.17) is 0 Å². The first-order valence-electron chi connectivity index (χ1n) is 4.98. The number of hydrogen-bond donors (Lipinski definition) is 1. The predicted molar refractivity (Wildman–Crippen MR) is 67.0 cm³/mol. The van der Waals surface area contributed by atoms with E-state index in [1.54, 1.807) is 12.3 Å². The first kappa shape index (κ1) is 13.6. The van der Waals surface area contributed by atoms with Crippen LogP contribution in [0.5, 0.6) is 0 Å². The quantitative estimate of drug-likeness (QED) is 0.846. The minimum atomic E-state index is -3.44. The van der Waals surface area contributed by atoms with E-state index in [-0.39, 0.29) is 15.8 Å². The summed E-state index contributed by atoms with van der Waals surface area (Å²) in [5, 5.41) is 0. The zero-order chi connectivity index (χ0) is 12.2. The Kier molecular flexibility index (Phi) is 4.89. The predicted octanol–water partition coefficient (Wildman–Crippen LogP) is 1.92. The van der Waals surface area contributed by atoms with Crippen molar-refractivity contribution in [2.24, 2.45) is 0 Å². The molecule has 1 rings (SSSR count). The van der Waals surface area contributed by atoms with Crippen molar-refractivity contribution in [1.82, 2.24) is 9.71 Å². The summed E-state index contributed by atoms with van der Waals surface area (Å²) in [6.07, 6.45) is 3.62. The molecule has 0 amide bonds. The molecule has 0 aliphatic rings. The zero-order valence-electron chi connectivity index (χ0n) is 9.22. The fraction of sp³-hybridized carbons (Fsp3) is 0.500. The fourth-order valence-corrected chi connectivity index (χ4v) is 3.15. The van der Waals surface area contributed by atoms with E-state index in [1.807, 2.05) is 13.8 Å². The summed E-state index contributed by atoms with van der Waals surface area (Å²) in [4.78, 5) is 4.27. The summed E-state index contributed by atoms with van der Waals surface area (Å²) in [5.74, 6) is 0. The molecule has 0 radical (unpaired) electrons. The van der Waals surface area contributed by atoms with Gasteiger partial charge >= 0.3 is 0 Å². The molecule has 0 saturated heterocycles. The molecule has 6 heteroatoms. The van der Waals surface area contributed by atoms with Crippen molar-refractivity contribution >= 4 is 26.0 Å². The molecule has 1 aromatic heterocycles. The third-order valence-electron chi connectivity index (χ3n) is 1.98. The summed E-state index contributed by atoms with van der Waals surface area (Å²) in [7, 11) is -3.44. The van der Waals surface area contributed by atoms with Crippen LogP contribution in [0, 0.1) is 0 Å². The Morgan fingerprint density at radius 3 is 2.69 bits per heavy atom. The smallest absolute Gasteiger partial charge is 0.242 e. The van der Waals surface area contributed by atoms with Gasteiger partial charge in [-0.25, -0.2) is 13.1 Å². The van der Waals surface area contributed by atoms with Crippen LogP contribution in [0.15, 0.2) is 29.4 Å². The van der Waals surface area contributed by atoms with Crippen LogP contribution in [-0.4, -0.2) is 24.3 Å². The fourth-order valence-electron chi connectivity index (χ4n) is 1.37. The van der Waals surface area contributed by atoms with E-state index in [1.165, 1.54) is 12.3 Å². The summed E-state index contributed by atoms with van der Waals surface area (Å²) in [5.41, 5.74) is 0. The van der Waals surface area contributed by atoms with Crippen LogP contribution in [0.1, 0.15) is 20.3 Å². The van der Waals surface area contributed by atoms with E-state index in [0.29, 0.717) is 0 Å². The molecule has 1 N–H and O–H groups in total. The highest BCUT2D eigenvalue weighted by molar-refractivity contribution is 9.09. The first-order valence-corrected chi connectivity index (χ1v) is 7.38. The van der Waals surface area contributed by atoms with Gasteiger partial charge < -0.3 is 0 Å². The number of halogens is 1.